The minimum absolute atomic E-state index is 0.101. The lowest BCUT2D eigenvalue weighted by atomic mass is 9.98. The molecular formula is C14H16N2O. The highest BCUT2D eigenvalue weighted by Gasteiger charge is 2.27. The van der Waals surface area contributed by atoms with Crippen LogP contribution >= 0.6 is 0 Å². The molecular weight excluding hydrogens is 212 g/mol. The summed E-state index contributed by atoms with van der Waals surface area (Å²) in [6.45, 7) is 1.01. The predicted octanol–water partition coefficient (Wildman–Crippen LogP) is 1.87. The van der Waals surface area contributed by atoms with Crippen molar-refractivity contribution >= 4 is 12.0 Å². The minimum atomic E-state index is 0.101. The fourth-order valence-electron chi connectivity index (χ4n) is 2.35. The lowest BCUT2D eigenvalue weighted by Gasteiger charge is -2.15. The van der Waals surface area contributed by atoms with Crippen molar-refractivity contribution in [1.82, 2.24) is 4.90 Å². The van der Waals surface area contributed by atoms with E-state index in [1.165, 1.54) is 12.8 Å². The average Bonchev–Trinajstić information content (AvgIpc) is 3.08. The molecule has 0 amide bonds. The molecule has 1 aliphatic heterocycles. The Morgan fingerprint density at radius 3 is 3.06 bits per heavy atom. The van der Waals surface area contributed by atoms with Crippen LogP contribution in [0.1, 0.15) is 19.3 Å². The van der Waals surface area contributed by atoms with E-state index in [0.717, 1.165) is 35.9 Å². The molecule has 2 aliphatic carbocycles. The van der Waals surface area contributed by atoms with E-state index in [0.29, 0.717) is 0 Å². The molecule has 1 fully saturated rings. The highest BCUT2D eigenvalue weighted by Crippen LogP contribution is 2.29. The summed E-state index contributed by atoms with van der Waals surface area (Å²) in [7, 11) is 2.16. The summed E-state index contributed by atoms with van der Waals surface area (Å²) < 4.78 is 0. The van der Waals surface area contributed by atoms with Crippen molar-refractivity contribution in [2.75, 3.05) is 13.6 Å². The minimum Gasteiger partial charge on any atom is -0.303 e. The van der Waals surface area contributed by atoms with E-state index in [9.17, 15) is 4.79 Å². The van der Waals surface area contributed by atoms with Gasteiger partial charge in [-0.2, -0.15) is 0 Å². The summed E-state index contributed by atoms with van der Waals surface area (Å²) in [6.07, 6.45) is 10.7. The predicted molar refractivity (Wildman–Crippen MR) is 68.0 cm³/mol. The number of rotatable bonds is 4. The average molecular weight is 228 g/mol. The Morgan fingerprint density at radius 2 is 2.29 bits per heavy atom. The van der Waals surface area contributed by atoms with Crippen LogP contribution in [0.15, 0.2) is 40.1 Å². The van der Waals surface area contributed by atoms with E-state index in [1.807, 2.05) is 12.3 Å². The first-order valence-electron chi connectivity index (χ1n) is 6.16. The maximum Gasteiger partial charge on any atom is 0.188 e. The van der Waals surface area contributed by atoms with E-state index in [-0.39, 0.29) is 5.78 Å². The number of ketones is 1. The third-order valence-corrected chi connectivity index (χ3v) is 3.59. The van der Waals surface area contributed by atoms with Gasteiger partial charge < -0.3 is 4.90 Å². The quantitative estimate of drug-likeness (QED) is 0.736. The van der Waals surface area contributed by atoms with Crippen molar-refractivity contribution in [3.63, 3.8) is 0 Å². The summed E-state index contributed by atoms with van der Waals surface area (Å²) in [5.41, 5.74) is 2.75. The fraction of sp³-hybridized carbons (Fsp3) is 0.429. The summed E-state index contributed by atoms with van der Waals surface area (Å²) in [6, 6.07) is 0.774. The van der Waals surface area contributed by atoms with Crippen LogP contribution in [0.2, 0.25) is 0 Å². The molecule has 88 valence electrons. The van der Waals surface area contributed by atoms with Crippen molar-refractivity contribution in [2.45, 2.75) is 25.3 Å². The highest BCUT2D eigenvalue weighted by molar-refractivity contribution is 6.14. The van der Waals surface area contributed by atoms with Gasteiger partial charge in [-0.05, 0) is 44.0 Å². The van der Waals surface area contributed by atoms with Gasteiger partial charge in [-0.15, -0.1) is 0 Å². The Bertz CT molecular complexity index is 478. The number of aliphatic imine (C=N–C) groups is 1. The van der Waals surface area contributed by atoms with Crippen LogP contribution in [0.25, 0.3) is 0 Å². The third-order valence-electron chi connectivity index (χ3n) is 3.59. The van der Waals surface area contributed by atoms with Crippen molar-refractivity contribution in [2.24, 2.45) is 4.99 Å². The van der Waals surface area contributed by atoms with Crippen molar-refractivity contribution < 1.29 is 4.79 Å². The molecule has 1 saturated carbocycles. The summed E-state index contributed by atoms with van der Waals surface area (Å²) in [5, 5.41) is 0. The SMILES string of the molecule is CN(CCC1=C2C(=O)C=CC=C2N=C1)C1CC1. The maximum absolute atomic E-state index is 11.8. The van der Waals surface area contributed by atoms with Crippen LogP contribution in [0.3, 0.4) is 0 Å². The number of hydrogen-bond acceptors (Lipinski definition) is 3. The van der Waals surface area contributed by atoms with Crippen LogP contribution in [-0.2, 0) is 4.79 Å². The van der Waals surface area contributed by atoms with Gasteiger partial charge in [-0.3, -0.25) is 9.79 Å². The van der Waals surface area contributed by atoms with Gasteiger partial charge in [0.15, 0.2) is 5.78 Å². The van der Waals surface area contributed by atoms with Gasteiger partial charge in [-0.25, -0.2) is 0 Å². The molecule has 0 saturated heterocycles. The van der Waals surface area contributed by atoms with Crippen molar-refractivity contribution in [1.29, 1.82) is 0 Å². The maximum atomic E-state index is 11.8. The highest BCUT2D eigenvalue weighted by atomic mass is 16.1. The molecule has 3 heteroatoms. The lowest BCUT2D eigenvalue weighted by molar-refractivity contribution is -0.111. The topological polar surface area (TPSA) is 32.7 Å². The van der Waals surface area contributed by atoms with Crippen LogP contribution in [0.4, 0.5) is 0 Å². The Labute approximate surface area is 101 Å². The van der Waals surface area contributed by atoms with E-state index in [1.54, 1.807) is 12.2 Å². The standard InChI is InChI=1S/C14H16N2O/c1-16(11-5-6-11)8-7-10-9-15-12-3-2-4-13(17)14(10)12/h2-4,9,11H,5-8H2,1H3. The van der Waals surface area contributed by atoms with Gasteiger partial charge >= 0.3 is 0 Å². The van der Waals surface area contributed by atoms with Crippen LogP contribution in [-0.4, -0.2) is 36.5 Å². The van der Waals surface area contributed by atoms with Gasteiger partial charge in [0, 0.05) is 18.8 Å². The molecule has 0 aromatic heterocycles. The van der Waals surface area contributed by atoms with Crippen LogP contribution in [0, 0.1) is 0 Å². The van der Waals surface area contributed by atoms with E-state index in [2.05, 4.69) is 16.9 Å². The first-order valence-corrected chi connectivity index (χ1v) is 6.16. The monoisotopic (exact) mass is 228 g/mol. The summed E-state index contributed by atoms with van der Waals surface area (Å²) >= 11 is 0. The Kier molecular flexibility index (Phi) is 2.56. The Hall–Kier alpha value is -1.48. The number of fused-ring (bicyclic) bond motifs is 1. The smallest absolute Gasteiger partial charge is 0.188 e. The molecule has 3 rings (SSSR count). The molecule has 3 aliphatic rings. The fourth-order valence-corrected chi connectivity index (χ4v) is 2.35. The summed E-state index contributed by atoms with van der Waals surface area (Å²) in [4.78, 5) is 18.5. The molecule has 17 heavy (non-hydrogen) atoms. The van der Waals surface area contributed by atoms with Gasteiger partial charge in [0.05, 0.1) is 11.3 Å². The normalized spacial score (nSPS) is 22.5. The number of allylic oxidation sites excluding steroid dienone is 4. The molecule has 0 unspecified atom stereocenters. The van der Waals surface area contributed by atoms with Crippen molar-refractivity contribution in [3.05, 3.63) is 35.1 Å². The van der Waals surface area contributed by atoms with Gasteiger partial charge in [0.25, 0.3) is 0 Å². The zero-order valence-electron chi connectivity index (χ0n) is 10.0. The van der Waals surface area contributed by atoms with Crippen LogP contribution < -0.4 is 0 Å². The first kappa shape index (κ1) is 10.7. The number of carbonyl (C=O) groups excluding carboxylic acids is 1. The molecule has 0 radical (unpaired) electrons. The van der Waals surface area contributed by atoms with Gasteiger partial charge in [0.2, 0.25) is 0 Å². The Morgan fingerprint density at radius 1 is 1.47 bits per heavy atom. The molecule has 0 N–H and O–H groups in total. The van der Waals surface area contributed by atoms with Gasteiger partial charge in [0.1, 0.15) is 0 Å². The molecule has 0 aromatic rings. The number of hydrogen-bond donors (Lipinski definition) is 0. The number of nitrogens with zero attached hydrogens (tertiary/aromatic N) is 2. The third kappa shape index (κ3) is 2.03. The van der Waals surface area contributed by atoms with Gasteiger partial charge in [-0.1, -0.05) is 6.08 Å². The second-order valence-corrected chi connectivity index (χ2v) is 4.90. The molecule has 1 heterocycles. The summed E-state index contributed by atoms with van der Waals surface area (Å²) in [5.74, 6) is 0.101. The first-order chi connectivity index (χ1) is 8.25. The second-order valence-electron chi connectivity index (χ2n) is 4.90. The van der Waals surface area contributed by atoms with E-state index < -0.39 is 0 Å². The molecule has 0 bridgehead atoms. The van der Waals surface area contributed by atoms with E-state index in [4.69, 9.17) is 0 Å². The zero-order valence-corrected chi connectivity index (χ0v) is 10.0. The van der Waals surface area contributed by atoms with E-state index >= 15 is 0 Å². The van der Waals surface area contributed by atoms with Crippen LogP contribution in [0.5, 0.6) is 0 Å². The largest absolute Gasteiger partial charge is 0.303 e. The molecule has 3 nitrogen and oxygen atoms in total. The molecule has 0 aromatic carbocycles. The zero-order chi connectivity index (χ0) is 11.8. The lowest BCUT2D eigenvalue weighted by Crippen LogP contribution is -2.22. The Balaban J connectivity index is 1.72. The second kappa shape index (κ2) is 4.08. The number of carbonyl (C=O) groups is 1. The molecule has 0 atom stereocenters. The molecule has 0 spiro atoms. The van der Waals surface area contributed by atoms with Crippen molar-refractivity contribution in [3.8, 4) is 0 Å².